The molecular formula is C15H15IN2O3S. The number of halogens is 1. The maximum Gasteiger partial charge on any atom is 0.229 e. The fraction of sp³-hybridized carbons (Fsp3) is 0.133. The minimum atomic E-state index is -3.38. The van der Waals surface area contributed by atoms with Crippen molar-refractivity contribution in [1.29, 1.82) is 0 Å². The number of nitrogens with one attached hydrogen (secondary N) is 2. The highest BCUT2D eigenvalue weighted by Crippen LogP contribution is 2.18. The number of anilines is 2. The number of sulfonamides is 1. The Bertz CT molecular complexity index is 774. The summed E-state index contributed by atoms with van der Waals surface area (Å²) in [6.45, 7) is 0. The molecule has 7 heteroatoms. The van der Waals surface area contributed by atoms with E-state index in [0.717, 1.165) is 9.83 Å². The van der Waals surface area contributed by atoms with Gasteiger partial charge in [0.2, 0.25) is 15.9 Å². The molecule has 2 rings (SSSR count). The Morgan fingerprint density at radius 3 is 2.36 bits per heavy atom. The maximum atomic E-state index is 12.1. The minimum Gasteiger partial charge on any atom is -0.326 e. The van der Waals surface area contributed by atoms with E-state index in [0.29, 0.717) is 16.9 Å². The van der Waals surface area contributed by atoms with Crippen molar-refractivity contribution >= 4 is 49.9 Å². The van der Waals surface area contributed by atoms with Gasteiger partial charge in [0, 0.05) is 9.26 Å². The summed E-state index contributed by atoms with van der Waals surface area (Å²) in [5, 5.41) is 2.79. The average molecular weight is 430 g/mol. The van der Waals surface area contributed by atoms with Crippen LogP contribution in [-0.2, 0) is 21.2 Å². The van der Waals surface area contributed by atoms with Gasteiger partial charge in [0.15, 0.2) is 0 Å². The third-order valence-electron chi connectivity index (χ3n) is 2.79. The number of hydrogen-bond donors (Lipinski definition) is 2. The lowest BCUT2D eigenvalue weighted by Crippen LogP contribution is -2.17. The first kappa shape index (κ1) is 16.8. The van der Waals surface area contributed by atoms with Crippen LogP contribution in [0.3, 0.4) is 0 Å². The zero-order valence-electron chi connectivity index (χ0n) is 11.8. The van der Waals surface area contributed by atoms with E-state index < -0.39 is 10.0 Å². The SMILES string of the molecule is CS(=O)(=O)Nc1ccccc1CC(=O)Nc1ccc(I)cc1. The normalized spacial score (nSPS) is 11.0. The van der Waals surface area contributed by atoms with E-state index >= 15 is 0 Å². The van der Waals surface area contributed by atoms with E-state index in [2.05, 4.69) is 32.6 Å². The summed E-state index contributed by atoms with van der Waals surface area (Å²) < 4.78 is 26.2. The number of rotatable bonds is 5. The average Bonchev–Trinajstić information content (AvgIpc) is 2.42. The third kappa shape index (κ3) is 5.30. The van der Waals surface area contributed by atoms with E-state index in [-0.39, 0.29) is 12.3 Å². The van der Waals surface area contributed by atoms with Gasteiger partial charge in [0.1, 0.15) is 0 Å². The van der Waals surface area contributed by atoms with Gasteiger partial charge in [-0.25, -0.2) is 8.42 Å². The van der Waals surface area contributed by atoms with Gasteiger partial charge in [0.05, 0.1) is 18.4 Å². The molecule has 0 fully saturated rings. The number of benzene rings is 2. The molecule has 0 aliphatic carbocycles. The van der Waals surface area contributed by atoms with Crippen LogP contribution in [0.25, 0.3) is 0 Å². The van der Waals surface area contributed by atoms with Crippen LogP contribution in [0.2, 0.25) is 0 Å². The second-order valence-corrected chi connectivity index (χ2v) is 7.76. The summed E-state index contributed by atoms with van der Waals surface area (Å²) in [5.74, 6) is -0.205. The Morgan fingerprint density at radius 2 is 1.73 bits per heavy atom. The summed E-state index contributed by atoms with van der Waals surface area (Å²) in [4.78, 5) is 12.1. The molecule has 0 aromatic heterocycles. The second kappa shape index (κ2) is 7.10. The Hall–Kier alpha value is -1.61. The van der Waals surface area contributed by atoms with Gasteiger partial charge >= 0.3 is 0 Å². The molecule has 2 aromatic carbocycles. The molecular weight excluding hydrogens is 415 g/mol. The second-order valence-electron chi connectivity index (χ2n) is 4.76. The molecule has 2 aromatic rings. The number of carbonyl (C=O) groups excluding carboxylic acids is 1. The molecule has 0 saturated heterocycles. The van der Waals surface area contributed by atoms with Gasteiger partial charge in [-0.15, -0.1) is 0 Å². The van der Waals surface area contributed by atoms with E-state index in [4.69, 9.17) is 0 Å². The summed E-state index contributed by atoms with van der Waals surface area (Å²) in [6.07, 6.45) is 1.17. The van der Waals surface area contributed by atoms with Crippen molar-refractivity contribution in [3.8, 4) is 0 Å². The van der Waals surface area contributed by atoms with Crippen molar-refractivity contribution in [1.82, 2.24) is 0 Å². The molecule has 0 unspecified atom stereocenters. The highest BCUT2D eigenvalue weighted by Gasteiger charge is 2.11. The van der Waals surface area contributed by atoms with Crippen LogP contribution >= 0.6 is 22.6 Å². The minimum absolute atomic E-state index is 0.0880. The molecule has 22 heavy (non-hydrogen) atoms. The van der Waals surface area contributed by atoms with Crippen LogP contribution in [0.5, 0.6) is 0 Å². The molecule has 0 aliphatic heterocycles. The van der Waals surface area contributed by atoms with Gasteiger partial charge in [-0.3, -0.25) is 9.52 Å². The number of carbonyl (C=O) groups is 1. The lowest BCUT2D eigenvalue weighted by molar-refractivity contribution is -0.115. The predicted molar refractivity (Wildman–Crippen MR) is 96.4 cm³/mol. The van der Waals surface area contributed by atoms with Gasteiger partial charge in [0.25, 0.3) is 0 Å². The predicted octanol–water partition coefficient (Wildman–Crippen LogP) is 2.84. The van der Waals surface area contributed by atoms with Crippen molar-refractivity contribution < 1.29 is 13.2 Å². The molecule has 116 valence electrons. The van der Waals surface area contributed by atoms with Crippen LogP contribution in [0, 0.1) is 3.57 Å². The van der Waals surface area contributed by atoms with Crippen molar-refractivity contribution in [2.45, 2.75) is 6.42 Å². The number of amides is 1. The quantitative estimate of drug-likeness (QED) is 0.717. The van der Waals surface area contributed by atoms with Crippen molar-refractivity contribution in [2.75, 3.05) is 16.3 Å². The highest BCUT2D eigenvalue weighted by atomic mass is 127. The summed E-state index contributed by atoms with van der Waals surface area (Å²) >= 11 is 2.19. The monoisotopic (exact) mass is 430 g/mol. The van der Waals surface area contributed by atoms with E-state index in [1.165, 1.54) is 0 Å². The molecule has 0 radical (unpaired) electrons. The lowest BCUT2D eigenvalue weighted by Gasteiger charge is -2.11. The maximum absolute atomic E-state index is 12.1. The molecule has 0 heterocycles. The number of para-hydroxylation sites is 1. The van der Waals surface area contributed by atoms with E-state index in [9.17, 15) is 13.2 Å². The van der Waals surface area contributed by atoms with Gasteiger partial charge in [-0.05, 0) is 58.5 Å². The van der Waals surface area contributed by atoms with Gasteiger partial charge in [-0.1, -0.05) is 18.2 Å². The molecule has 0 atom stereocenters. The Kier molecular flexibility index (Phi) is 5.41. The van der Waals surface area contributed by atoms with Crippen LogP contribution in [0.4, 0.5) is 11.4 Å². The van der Waals surface area contributed by atoms with Crippen molar-refractivity contribution in [2.24, 2.45) is 0 Å². The zero-order chi connectivity index (χ0) is 16.2. The number of hydrogen-bond acceptors (Lipinski definition) is 3. The summed E-state index contributed by atoms with van der Waals surface area (Å²) in [5.41, 5.74) is 1.75. The Morgan fingerprint density at radius 1 is 1.09 bits per heavy atom. The third-order valence-corrected chi connectivity index (χ3v) is 4.10. The highest BCUT2D eigenvalue weighted by molar-refractivity contribution is 14.1. The first-order valence-corrected chi connectivity index (χ1v) is 9.41. The van der Waals surface area contributed by atoms with Crippen molar-refractivity contribution in [3.63, 3.8) is 0 Å². The smallest absolute Gasteiger partial charge is 0.229 e. The first-order valence-electron chi connectivity index (χ1n) is 6.44. The fourth-order valence-corrected chi connectivity index (χ4v) is 2.84. The molecule has 1 amide bonds. The van der Waals surface area contributed by atoms with Crippen LogP contribution in [0.1, 0.15) is 5.56 Å². The standard InChI is InChI=1S/C15H15IN2O3S/c1-22(20,21)18-14-5-3-2-4-11(14)10-15(19)17-13-8-6-12(16)7-9-13/h2-9,18H,10H2,1H3,(H,17,19). The molecule has 0 aliphatic rings. The first-order chi connectivity index (χ1) is 10.3. The van der Waals surface area contributed by atoms with Crippen LogP contribution in [0.15, 0.2) is 48.5 Å². The molecule has 0 bridgehead atoms. The van der Waals surface area contributed by atoms with Crippen LogP contribution in [-0.4, -0.2) is 20.6 Å². The molecule has 0 saturated carbocycles. The van der Waals surface area contributed by atoms with E-state index in [1.807, 2.05) is 24.3 Å². The largest absolute Gasteiger partial charge is 0.326 e. The Balaban J connectivity index is 2.10. The fourth-order valence-electron chi connectivity index (χ4n) is 1.89. The van der Waals surface area contributed by atoms with Gasteiger partial charge < -0.3 is 5.32 Å². The van der Waals surface area contributed by atoms with Gasteiger partial charge in [-0.2, -0.15) is 0 Å². The molecule has 0 spiro atoms. The topological polar surface area (TPSA) is 75.3 Å². The lowest BCUT2D eigenvalue weighted by atomic mass is 10.1. The molecule has 2 N–H and O–H groups in total. The van der Waals surface area contributed by atoms with Crippen molar-refractivity contribution in [3.05, 3.63) is 57.7 Å². The molecule has 5 nitrogen and oxygen atoms in total. The van der Waals surface area contributed by atoms with Crippen LogP contribution < -0.4 is 10.0 Å². The Labute approximate surface area is 143 Å². The van der Waals surface area contributed by atoms with E-state index in [1.54, 1.807) is 24.3 Å². The zero-order valence-corrected chi connectivity index (χ0v) is 14.8. The summed E-state index contributed by atoms with van der Waals surface area (Å²) in [6, 6.07) is 14.3. The summed E-state index contributed by atoms with van der Waals surface area (Å²) in [7, 11) is -3.38.